The van der Waals surface area contributed by atoms with Crippen LogP contribution in [0.3, 0.4) is 0 Å². The Labute approximate surface area is 111 Å². The van der Waals surface area contributed by atoms with Gasteiger partial charge < -0.3 is 15.7 Å². The lowest BCUT2D eigenvalue weighted by Crippen LogP contribution is -2.44. The first-order chi connectivity index (χ1) is 9.16. The molecule has 1 atom stereocenters. The second kappa shape index (κ2) is 6.19. The standard InChI is InChI=1S/C13H17N3O3/c17-11(8-10-4-2-1-3-5-10)9-15-13(19)16-7-6-14-12(16)18/h1-5,11,17H,6-9H2,(H,14,18)(H,15,19)/t11-/m0/s1. The molecule has 6 heteroatoms. The fourth-order valence-corrected chi connectivity index (χ4v) is 1.92. The quantitative estimate of drug-likeness (QED) is 0.732. The lowest BCUT2D eigenvalue weighted by molar-refractivity contribution is 0.163. The Bertz CT molecular complexity index is 450. The van der Waals surface area contributed by atoms with Gasteiger partial charge in [0.15, 0.2) is 0 Å². The van der Waals surface area contributed by atoms with Crippen molar-refractivity contribution in [2.45, 2.75) is 12.5 Å². The second-order valence-corrected chi connectivity index (χ2v) is 4.41. The van der Waals surface area contributed by atoms with Gasteiger partial charge in [0.2, 0.25) is 0 Å². The van der Waals surface area contributed by atoms with Crippen LogP contribution < -0.4 is 10.6 Å². The SMILES string of the molecule is O=C1NCCN1C(=O)NC[C@@H](O)Cc1ccccc1. The van der Waals surface area contributed by atoms with Gasteiger partial charge in [-0.3, -0.25) is 0 Å². The van der Waals surface area contributed by atoms with Gasteiger partial charge in [0.05, 0.1) is 6.10 Å². The molecule has 0 radical (unpaired) electrons. The largest absolute Gasteiger partial charge is 0.391 e. The van der Waals surface area contributed by atoms with Gasteiger partial charge in [-0.1, -0.05) is 30.3 Å². The predicted molar refractivity (Wildman–Crippen MR) is 69.7 cm³/mol. The van der Waals surface area contributed by atoms with E-state index in [0.717, 1.165) is 10.5 Å². The lowest BCUT2D eigenvalue weighted by Gasteiger charge is -2.16. The third kappa shape index (κ3) is 3.69. The second-order valence-electron chi connectivity index (χ2n) is 4.41. The van der Waals surface area contributed by atoms with Crippen LogP contribution in [0.25, 0.3) is 0 Å². The van der Waals surface area contributed by atoms with Crippen molar-refractivity contribution in [3.8, 4) is 0 Å². The number of aliphatic hydroxyl groups excluding tert-OH is 1. The van der Waals surface area contributed by atoms with Crippen LogP contribution in [0.4, 0.5) is 9.59 Å². The number of nitrogens with one attached hydrogen (secondary N) is 2. The molecule has 1 aliphatic heterocycles. The Hall–Kier alpha value is -2.08. The molecule has 4 amide bonds. The van der Waals surface area contributed by atoms with E-state index < -0.39 is 18.2 Å². The molecule has 0 spiro atoms. The van der Waals surface area contributed by atoms with Crippen LogP contribution in [0.15, 0.2) is 30.3 Å². The molecule has 1 aromatic rings. The molecule has 0 unspecified atom stereocenters. The maximum absolute atomic E-state index is 11.7. The molecule has 1 fully saturated rings. The van der Waals surface area contributed by atoms with Gasteiger partial charge in [-0.05, 0) is 5.56 Å². The maximum Gasteiger partial charge on any atom is 0.325 e. The molecule has 0 saturated carbocycles. The van der Waals surface area contributed by atoms with Crippen molar-refractivity contribution >= 4 is 12.1 Å². The molecule has 6 nitrogen and oxygen atoms in total. The zero-order valence-corrected chi connectivity index (χ0v) is 10.5. The van der Waals surface area contributed by atoms with Crippen LogP contribution in [0.1, 0.15) is 5.56 Å². The average molecular weight is 263 g/mol. The Morgan fingerprint density at radius 1 is 1.42 bits per heavy atom. The number of carbonyl (C=O) groups excluding carboxylic acids is 2. The smallest absolute Gasteiger partial charge is 0.325 e. The summed E-state index contributed by atoms with van der Waals surface area (Å²) < 4.78 is 0. The Balaban J connectivity index is 1.76. The van der Waals surface area contributed by atoms with Crippen molar-refractivity contribution < 1.29 is 14.7 Å². The van der Waals surface area contributed by atoms with Crippen LogP contribution in [0.5, 0.6) is 0 Å². The summed E-state index contributed by atoms with van der Waals surface area (Å²) in [5.74, 6) is 0. The van der Waals surface area contributed by atoms with Crippen LogP contribution in [0, 0.1) is 0 Å². The van der Waals surface area contributed by atoms with Gasteiger partial charge >= 0.3 is 12.1 Å². The molecule has 3 N–H and O–H groups in total. The summed E-state index contributed by atoms with van der Waals surface area (Å²) >= 11 is 0. The average Bonchev–Trinajstić information content (AvgIpc) is 2.83. The van der Waals surface area contributed by atoms with E-state index >= 15 is 0 Å². The third-order valence-electron chi connectivity index (χ3n) is 2.91. The third-order valence-corrected chi connectivity index (χ3v) is 2.91. The van der Waals surface area contributed by atoms with E-state index in [2.05, 4.69) is 10.6 Å². The number of urea groups is 2. The predicted octanol–water partition coefficient (Wildman–Crippen LogP) is 0.325. The first-order valence-corrected chi connectivity index (χ1v) is 6.22. The first kappa shape index (κ1) is 13.4. The lowest BCUT2D eigenvalue weighted by atomic mass is 10.1. The molecule has 1 heterocycles. The minimum atomic E-state index is -0.669. The summed E-state index contributed by atoms with van der Waals surface area (Å²) in [5, 5.41) is 14.9. The highest BCUT2D eigenvalue weighted by Gasteiger charge is 2.26. The van der Waals surface area contributed by atoms with Crippen LogP contribution in [-0.2, 0) is 6.42 Å². The van der Waals surface area contributed by atoms with E-state index in [4.69, 9.17) is 0 Å². The number of aliphatic hydroxyl groups is 1. The summed E-state index contributed by atoms with van der Waals surface area (Å²) in [7, 11) is 0. The summed E-state index contributed by atoms with van der Waals surface area (Å²) in [4.78, 5) is 24.0. The van der Waals surface area contributed by atoms with Gasteiger partial charge in [-0.15, -0.1) is 0 Å². The zero-order valence-electron chi connectivity index (χ0n) is 10.5. The highest BCUT2D eigenvalue weighted by Crippen LogP contribution is 2.03. The summed E-state index contributed by atoms with van der Waals surface area (Å²) in [6.45, 7) is 0.954. The van der Waals surface area contributed by atoms with Gasteiger partial charge in [-0.2, -0.15) is 0 Å². The molecule has 2 rings (SSSR count). The van der Waals surface area contributed by atoms with Crippen LogP contribution >= 0.6 is 0 Å². The topological polar surface area (TPSA) is 81.7 Å². The van der Waals surface area contributed by atoms with Crippen molar-refractivity contribution in [1.29, 1.82) is 0 Å². The minimum Gasteiger partial charge on any atom is -0.391 e. The molecule has 0 aromatic heterocycles. The van der Waals surface area contributed by atoms with E-state index in [1.165, 1.54) is 0 Å². The minimum absolute atomic E-state index is 0.123. The number of nitrogens with zero attached hydrogens (tertiary/aromatic N) is 1. The van der Waals surface area contributed by atoms with Crippen molar-refractivity contribution in [3.63, 3.8) is 0 Å². The number of imide groups is 1. The summed E-state index contributed by atoms with van der Waals surface area (Å²) in [5.41, 5.74) is 1.00. The zero-order chi connectivity index (χ0) is 13.7. The first-order valence-electron chi connectivity index (χ1n) is 6.22. The van der Waals surface area contributed by atoms with E-state index in [1.54, 1.807) is 0 Å². The van der Waals surface area contributed by atoms with Gasteiger partial charge in [0, 0.05) is 26.1 Å². The van der Waals surface area contributed by atoms with Crippen molar-refractivity contribution in [2.75, 3.05) is 19.6 Å². The van der Waals surface area contributed by atoms with E-state index in [9.17, 15) is 14.7 Å². The highest BCUT2D eigenvalue weighted by molar-refractivity contribution is 5.94. The number of rotatable bonds is 4. The number of carbonyl (C=O) groups is 2. The normalized spacial score (nSPS) is 16.1. The summed E-state index contributed by atoms with van der Waals surface area (Å²) in [6.07, 6.45) is -0.204. The molecule has 19 heavy (non-hydrogen) atoms. The number of amides is 4. The maximum atomic E-state index is 11.7. The van der Waals surface area contributed by atoms with E-state index in [1.807, 2.05) is 30.3 Å². The molecular formula is C13H17N3O3. The van der Waals surface area contributed by atoms with E-state index in [-0.39, 0.29) is 6.54 Å². The molecule has 1 saturated heterocycles. The fourth-order valence-electron chi connectivity index (χ4n) is 1.92. The van der Waals surface area contributed by atoms with E-state index in [0.29, 0.717) is 19.5 Å². The van der Waals surface area contributed by atoms with Crippen LogP contribution in [-0.4, -0.2) is 47.8 Å². The monoisotopic (exact) mass is 263 g/mol. The van der Waals surface area contributed by atoms with Crippen LogP contribution in [0.2, 0.25) is 0 Å². The number of hydrogen-bond acceptors (Lipinski definition) is 3. The number of hydrogen-bond donors (Lipinski definition) is 3. The molecule has 0 bridgehead atoms. The molecule has 0 aliphatic carbocycles. The van der Waals surface area contributed by atoms with Gasteiger partial charge in [-0.25, -0.2) is 14.5 Å². The number of benzene rings is 1. The van der Waals surface area contributed by atoms with Crippen molar-refractivity contribution in [1.82, 2.24) is 15.5 Å². The van der Waals surface area contributed by atoms with Gasteiger partial charge in [0.25, 0.3) is 0 Å². The fraction of sp³-hybridized carbons (Fsp3) is 0.385. The van der Waals surface area contributed by atoms with Crippen molar-refractivity contribution in [3.05, 3.63) is 35.9 Å². The summed E-state index contributed by atoms with van der Waals surface area (Å²) in [6, 6.07) is 8.67. The van der Waals surface area contributed by atoms with Crippen molar-refractivity contribution in [2.24, 2.45) is 0 Å². The molecule has 1 aliphatic rings. The van der Waals surface area contributed by atoms with Gasteiger partial charge in [0.1, 0.15) is 0 Å². The molecule has 102 valence electrons. The Morgan fingerprint density at radius 2 is 2.16 bits per heavy atom. The molecule has 1 aromatic carbocycles. The Morgan fingerprint density at radius 3 is 2.79 bits per heavy atom. The highest BCUT2D eigenvalue weighted by atomic mass is 16.3. The Kier molecular flexibility index (Phi) is 4.35. The molecular weight excluding hydrogens is 246 g/mol.